The summed E-state index contributed by atoms with van der Waals surface area (Å²) in [6, 6.07) is -0.0139. The van der Waals surface area contributed by atoms with E-state index >= 15 is 0 Å². The quantitative estimate of drug-likeness (QED) is 0.732. The first-order valence-corrected chi connectivity index (χ1v) is 5.73. The number of amides is 1. The lowest BCUT2D eigenvalue weighted by Crippen LogP contribution is -2.52. The molecule has 0 spiro atoms. The fourth-order valence-corrected chi connectivity index (χ4v) is 2.16. The number of likely N-dealkylation sites (N-methyl/N-ethyl adjacent to an activating group) is 1. The third-order valence-corrected chi connectivity index (χ3v) is 2.88. The number of piperidine rings is 1. The number of rotatable bonds is 3. The van der Waals surface area contributed by atoms with Gasteiger partial charge in [-0.15, -0.1) is 0 Å². The second kappa shape index (κ2) is 5.47. The van der Waals surface area contributed by atoms with Gasteiger partial charge in [0.15, 0.2) is 0 Å². The lowest BCUT2D eigenvalue weighted by atomic mass is 10.0. The largest absolute Gasteiger partial charge is 0.337 e. The lowest BCUT2D eigenvalue weighted by molar-refractivity contribution is -0.136. The Labute approximate surface area is 92.4 Å². The van der Waals surface area contributed by atoms with Crippen LogP contribution in [0.5, 0.6) is 0 Å². The summed E-state index contributed by atoms with van der Waals surface area (Å²) in [5.74, 6) is 0.0987. The van der Waals surface area contributed by atoms with Crippen LogP contribution in [0.3, 0.4) is 0 Å². The molecule has 4 heteroatoms. The minimum absolute atomic E-state index is 0.0987. The van der Waals surface area contributed by atoms with Gasteiger partial charge in [0.2, 0.25) is 5.91 Å². The molecule has 1 fully saturated rings. The molecule has 4 nitrogen and oxygen atoms in total. The average molecular weight is 213 g/mol. The molecule has 2 atom stereocenters. The summed E-state index contributed by atoms with van der Waals surface area (Å²) in [6.45, 7) is 3.58. The first-order valence-electron chi connectivity index (χ1n) is 5.73. The molecule has 1 amide bonds. The number of likely N-dealkylation sites (tertiary alicyclic amines) is 1. The minimum Gasteiger partial charge on any atom is -0.337 e. The second-order valence-corrected chi connectivity index (χ2v) is 4.73. The summed E-state index contributed by atoms with van der Waals surface area (Å²) in [5, 5.41) is 0. The van der Waals surface area contributed by atoms with Gasteiger partial charge in [0.1, 0.15) is 0 Å². The van der Waals surface area contributed by atoms with Crippen LogP contribution in [0.25, 0.3) is 0 Å². The number of hydrogen-bond donors (Lipinski definition) is 1. The van der Waals surface area contributed by atoms with Crippen LogP contribution in [0.2, 0.25) is 0 Å². The fourth-order valence-electron chi connectivity index (χ4n) is 2.16. The molecule has 0 aromatic rings. The van der Waals surface area contributed by atoms with Crippen molar-refractivity contribution in [1.82, 2.24) is 9.80 Å². The zero-order valence-corrected chi connectivity index (χ0v) is 10.1. The maximum atomic E-state index is 11.9. The van der Waals surface area contributed by atoms with Crippen LogP contribution in [-0.4, -0.2) is 55.0 Å². The van der Waals surface area contributed by atoms with Gasteiger partial charge in [0.25, 0.3) is 0 Å². The van der Waals surface area contributed by atoms with Crippen molar-refractivity contribution in [2.45, 2.75) is 38.3 Å². The molecule has 2 N–H and O–H groups in total. The van der Waals surface area contributed by atoms with Crippen LogP contribution in [-0.2, 0) is 4.79 Å². The van der Waals surface area contributed by atoms with Crippen LogP contribution in [0, 0.1) is 0 Å². The van der Waals surface area contributed by atoms with Crippen LogP contribution in [0.1, 0.15) is 26.2 Å². The van der Waals surface area contributed by atoms with Crippen molar-refractivity contribution < 1.29 is 4.79 Å². The summed E-state index contributed by atoms with van der Waals surface area (Å²) in [6.07, 6.45) is 3.44. The number of nitrogens with zero attached hydrogens (tertiary/aromatic N) is 2. The van der Waals surface area contributed by atoms with E-state index in [1.165, 1.54) is 6.42 Å². The van der Waals surface area contributed by atoms with Crippen molar-refractivity contribution in [2.75, 3.05) is 27.2 Å². The molecule has 0 aliphatic carbocycles. The van der Waals surface area contributed by atoms with Gasteiger partial charge >= 0.3 is 0 Å². The molecule has 0 bridgehead atoms. The SMILES string of the molecule is C[C@H](N)C(=O)N1CCCC[C@H]1CN(C)C. The highest BCUT2D eigenvalue weighted by atomic mass is 16.2. The maximum Gasteiger partial charge on any atom is 0.239 e. The Kier molecular flexibility index (Phi) is 4.54. The Hall–Kier alpha value is -0.610. The summed E-state index contributed by atoms with van der Waals surface area (Å²) >= 11 is 0. The Balaban J connectivity index is 2.61. The van der Waals surface area contributed by atoms with Crippen LogP contribution in [0.4, 0.5) is 0 Å². The smallest absolute Gasteiger partial charge is 0.239 e. The number of carbonyl (C=O) groups excluding carboxylic acids is 1. The minimum atomic E-state index is -0.368. The molecule has 0 saturated carbocycles. The highest BCUT2D eigenvalue weighted by molar-refractivity contribution is 5.81. The fraction of sp³-hybridized carbons (Fsp3) is 0.909. The molecule has 1 heterocycles. The zero-order valence-electron chi connectivity index (χ0n) is 10.1. The molecule has 1 aliphatic heterocycles. The Morgan fingerprint density at radius 1 is 1.53 bits per heavy atom. The molecule has 1 saturated heterocycles. The molecular weight excluding hydrogens is 190 g/mol. The summed E-state index contributed by atoms with van der Waals surface area (Å²) in [4.78, 5) is 16.0. The predicted octanol–water partition coefficient (Wildman–Crippen LogP) is 0.276. The molecule has 0 unspecified atom stereocenters. The molecule has 15 heavy (non-hydrogen) atoms. The van der Waals surface area contributed by atoms with E-state index in [0.717, 1.165) is 25.9 Å². The zero-order chi connectivity index (χ0) is 11.4. The first-order chi connectivity index (χ1) is 7.02. The Morgan fingerprint density at radius 3 is 2.73 bits per heavy atom. The van der Waals surface area contributed by atoms with Crippen molar-refractivity contribution in [3.63, 3.8) is 0 Å². The van der Waals surface area contributed by atoms with Crippen LogP contribution in [0.15, 0.2) is 0 Å². The molecule has 0 radical (unpaired) electrons. The molecule has 0 aromatic heterocycles. The van der Waals surface area contributed by atoms with E-state index in [1.54, 1.807) is 6.92 Å². The number of hydrogen-bond acceptors (Lipinski definition) is 3. The third kappa shape index (κ3) is 3.47. The first kappa shape index (κ1) is 12.5. The monoisotopic (exact) mass is 213 g/mol. The Morgan fingerprint density at radius 2 is 2.20 bits per heavy atom. The van der Waals surface area contributed by atoms with Gasteiger partial charge in [0.05, 0.1) is 6.04 Å². The summed E-state index contributed by atoms with van der Waals surface area (Å²) < 4.78 is 0. The molecule has 0 aromatic carbocycles. The van der Waals surface area contributed by atoms with Crippen molar-refractivity contribution >= 4 is 5.91 Å². The van der Waals surface area contributed by atoms with Gasteiger partial charge in [-0.2, -0.15) is 0 Å². The van der Waals surface area contributed by atoms with Gasteiger partial charge in [0, 0.05) is 19.1 Å². The van der Waals surface area contributed by atoms with Crippen molar-refractivity contribution in [3.8, 4) is 0 Å². The summed E-state index contributed by atoms with van der Waals surface area (Å²) in [7, 11) is 4.09. The lowest BCUT2D eigenvalue weighted by Gasteiger charge is -2.38. The van der Waals surface area contributed by atoms with Crippen molar-refractivity contribution in [3.05, 3.63) is 0 Å². The van der Waals surface area contributed by atoms with E-state index in [1.807, 2.05) is 19.0 Å². The van der Waals surface area contributed by atoms with E-state index in [4.69, 9.17) is 5.73 Å². The highest BCUT2D eigenvalue weighted by Gasteiger charge is 2.28. The van der Waals surface area contributed by atoms with E-state index in [2.05, 4.69) is 4.90 Å². The predicted molar refractivity (Wildman–Crippen MR) is 61.6 cm³/mol. The van der Waals surface area contributed by atoms with E-state index in [9.17, 15) is 4.79 Å². The molecule has 1 rings (SSSR count). The second-order valence-electron chi connectivity index (χ2n) is 4.73. The van der Waals surface area contributed by atoms with Gasteiger partial charge in [-0.3, -0.25) is 4.79 Å². The number of nitrogens with two attached hydrogens (primary N) is 1. The molecule has 1 aliphatic rings. The normalized spacial score (nSPS) is 24.3. The van der Waals surface area contributed by atoms with Crippen LogP contribution >= 0.6 is 0 Å². The van der Waals surface area contributed by atoms with E-state index < -0.39 is 0 Å². The van der Waals surface area contributed by atoms with E-state index in [-0.39, 0.29) is 11.9 Å². The molecular formula is C11H23N3O. The van der Waals surface area contributed by atoms with Crippen molar-refractivity contribution in [2.24, 2.45) is 5.73 Å². The van der Waals surface area contributed by atoms with Gasteiger partial charge in [-0.1, -0.05) is 0 Å². The van der Waals surface area contributed by atoms with Crippen molar-refractivity contribution in [1.29, 1.82) is 0 Å². The highest BCUT2D eigenvalue weighted by Crippen LogP contribution is 2.18. The van der Waals surface area contributed by atoms with Crippen LogP contribution < -0.4 is 5.73 Å². The maximum absolute atomic E-state index is 11.9. The van der Waals surface area contributed by atoms with Gasteiger partial charge in [-0.05, 0) is 40.3 Å². The van der Waals surface area contributed by atoms with Gasteiger partial charge < -0.3 is 15.5 Å². The topological polar surface area (TPSA) is 49.6 Å². The third-order valence-electron chi connectivity index (χ3n) is 2.88. The summed E-state index contributed by atoms with van der Waals surface area (Å²) in [5.41, 5.74) is 5.65. The average Bonchev–Trinajstić information content (AvgIpc) is 2.16. The molecule has 88 valence electrons. The van der Waals surface area contributed by atoms with Gasteiger partial charge in [-0.25, -0.2) is 0 Å². The Bertz CT molecular complexity index is 216. The van der Waals surface area contributed by atoms with E-state index in [0.29, 0.717) is 6.04 Å². The standard InChI is InChI=1S/C11H23N3O/c1-9(12)11(15)14-7-5-4-6-10(14)8-13(2)3/h9-10H,4-8,12H2,1-3H3/t9-,10-/m0/s1. The number of carbonyl (C=O) groups is 1.